The average molecular weight is 436 g/mol. The Balaban J connectivity index is 1.86. The number of amides is 1. The van der Waals surface area contributed by atoms with E-state index >= 15 is 0 Å². The van der Waals surface area contributed by atoms with Gasteiger partial charge in [0, 0.05) is 48.4 Å². The third kappa shape index (κ3) is 4.83. The fourth-order valence-corrected chi connectivity index (χ4v) is 3.41. The molecule has 0 radical (unpaired) electrons. The van der Waals surface area contributed by atoms with Crippen LogP contribution in [-0.2, 0) is 0 Å². The van der Waals surface area contributed by atoms with E-state index in [0.29, 0.717) is 40.2 Å². The van der Waals surface area contributed by atoms with Gasteiger partial charge in [-0.3, -0.25) is 9.78 Å². The van der Waals surface area contributed by atoms with Crippen LogP contribution >= 0.6 is 0 Å². The molecule has 1 atom stereocenters. The van der Waals surface area contributed by atoms with Crippen LogP contribution in [0, 0.1) is 5.82 Å². The molecule has 0 aliphatic carbocycles. The summed E-state index contributed by atoms with van der Waals surface area (Å²) in [6, 6.07) is 7.20. The van der Waals surface area contributed by atoms with Crippen molar-refractivity contribution in [3.05, 3.63) is 77.4 Å². The average Bonchev–Trinajstić information content (AvgIpc) is 2.80. The number of carbonyl (C=O) groups excluding carboxylic acids is 1. The van der Waals surface area contributed by atoms with Gasteiger partial charge in [0.25, 0.3) is 5.91 Å². The summed E-state index contributed by atoms with van der Waals surface area (Å²) < 4.78 is 14.3. The molecule has 0 aliphatic rings. The largest absolute Gasteiger partial charge is 0.404 e. The molecule has 9 heteroatoms. The number of nitrogens with two attached hydrogens (primary N) is 2. The summed E-state index contributed by atoms with van der Waals surface area (Å²) in [7, 11) is 1.47. The highest BCUT2D eigenvalue weighted by molar-refractivity contribution is 6.06. The molecule has 3 rings (SSSR count). The smallest absolute Gasteiger partial charge is 0.254 e. The number of fused-ring (bicyclic) bond motifs is 1. The van der Waals surface area contributed by atoms with Gasteiger partial charge in [0.05, 0.1) is 23.0 Å². The first-order valence-corrected chi connectivity index (χ1v) is 10.1. The number of hydrogen-bond acceptors (Lipinski definition) is 7. The number of anilines is 1. The summed E-state index contributed by atoms with van der Waals surface area (Å²) in [5, 5.41) is 6.24. The highest BCUT2D eigenvalue weighted by Gasteiger charge is 2.19. The van der Waals surface area contributed by atoms with Gasteiger partial charge in [-0.15, -0.1) is 0 Å². The van der Waals surface area contributed by atoms with Gasteiger partial charge in [-0.2, -0.15) is 0 Å². The lowest BCUT2D eigenvalue weighted by Crippen LogP contribution is -2.20. The quantitative estimate of drug-likeness (QED) is 0.420. The molecule has 0 saturated carbocycles. The molecule has 0 bridgehead atoms. The van der Waals surface area contributed by atoms with Gasteiger partial charge in [0.2, 0.25) is 0 Å². The Bertz CT molecular complexity index is 1200. The van der Waals surface area contributed by atoms with Gasteiger partial charge >= 0.3 is 0 Å². The Morgan fingerprint density at radius 3 is 2.75 bits per heavy atom. The minimum atomic E-state index is -0.654. The van der Waals surface area contributed by atoms with Crippen molar-refractivity contribution in [2.45, 2.75) is 19.8 Å². The van der Waals surface area contributed by atoms with Crippen molar-refractivity contribution in [2.24, 2.45) is 11.5 Å². The summed E-state index contributed by atoms with van der Waals surface area (Å²) >= 11 is 0. The lowest BCUT2D eigenvalue weighted by atomic mass is 9.96. The van der Waals surface area contributed by atoms with E-state index < -0.39 is 11.7 Å². The van der Waals surface area contributed by atoms with Crippen molar-refractivity contribution in [1.82, 2.24) is 20.3 Å². The summed E-state index contributed by atoms with van der Waals surface area (Å²) in [6.45, 7) is 4.31. The second kappa shape index (κ2) is 9.86. The summed E-state index contributed by atoms with van der Waals surface area (Å²) in [5.41, 5.74) is 14.9. The van der Waals surface area contributed by atoms with Crippen molar-refractivity contribution in [3.8, 4) is 0 Å². The lowest BCUT2D eigenvalue weighted by molar-refractivity contribution is 0.0960. The van der Waals surface area contributed by atoms with Gasteiger partial charge < -0.3 is 22.1 Å². The number of nitrogens with zero attached hydrogens (tertiary/aromatic N) is 3. The molecule has 0 aliphatic heterocycles. The van der Waals surface area contributed by atoms with Crippen LogP contribution < -0.4 is 22.1 Å². The molecule has 2 aromatic heterocycles. The maximum Gasteiger partial charge on any atom is 0.254 e. The van der Waals surface area contributed by atoms with Crippen LogP contribution in [0.2, 0.25) is 0 Å². The molecule has 0 spiro atoms. The molecule has 2 heterocycles. The van der Waals surface area contributed by atoms with Crippen molar-refractivity contribution < 1.29 is 9.18 Å². The topological polar surface area (TPSA) is 132 Å². The first kappa shape index (κ1) is 22.7. The molecule has 8 nitrogen and oxygen atoms in total. The number of allylic oxidation sites excluding steroid dienone is 3. The zero-order valence-electron chi connectivity index (χ0n) is 18.2. The number of hydrogen-bond donors (Lipinski definition) is 4. The molecule has 1 aromatic carbocycles. The highest BCUT2D eigenvalue weighted by atomic mass is 19.1. The van der Waals surface area contributed by atoms with E-state index in [1.54, 1.807) is 31.2 Å². The SMILES string of the molecule is CNC(=O)c1c(F)cnc2c([C@H](C)CNc3cc(C(/C=C(/C)N)=C/N)ncn3)cccc12. The summed E-state index contributed by atoms with van der Waals surface area (Å²) in [6.07, 6.45) is 5.71. The normalized spacial score (nSPS) is 13.1. The molecular weight excluding hydrogens is 409 g/mol. The first-order valence-electron chi connectivity index (χ1n) is 10.1. The number of pyridine rings is 1. The molecule has 1 amide bonds. The minimum absolute atomic E-state index is 0.00990. The summed E-state index contributed by atoms with van der Waals surface area (Å²) in [4.78, 5) is 25.0. The van der Waals surface area contributed by atoms with Crippen molar-refractivity contribution in [1.29, 1.82) is 0 Å². The van der Waals surface area contributed by atoms with Crippen LogP contribution in [0.5, 0.6) is 0 Å². The molecule has 32 heavy (non-hydrogen) atoms. The Kier molecular flexibility index (Phi) is 6.99. The third-order valence-electron chi connectivity index (χ3n) is 4.98. The van der Waals surface area contributed by atoms with E-state index in [1.807, 2.05) is 13.0 Å². The monoisotopic (exact) mass is 435 g/mol. The second-order valence-electron chi connectivity index (χ2n) is 7.38. The van der Waals surface area contributed by atoms with Gasteiger partial charge in [-0.1, -0.05) is 25.1 Å². The van der Waals surface area contributed by atoms with Crippen LogP contribution in [0.3, 0.4) is 0 Å². The van der Waals surface area contributed by atoms with Crippen LogP contribution in [0.4, 0.5) is 10.2 Å². The van der Waals surface area contributed by atoms with Crippen LogP contribution in [0.15, 0.2) is 54.8 Å². The Morgan fingerprint density at radius 1 is 1.28 bits per heavy atom. The summed E-state index contributed by atoms with van der Waals surface area (Å²) in [5.74, 6) is -0.534. The number of aromatic nitrogens is 3. The highest BCUT2D eigenvalue weighted by Crippen LogP contribution is 2.28. The zero-order chi connectivity index (χ0) is 23.3. The zero-order valence-corrected chi connectivity index (χ0v) is 18.2. The standard InChI is InChI=1S/C23H26FN7O/c1-13(10-28-20-8-19(30-12-31-20)15(9-25)7-14(2)26)16-5-4-6-17-21(23(32)27-3)18(24)11-29-22(16)17/h4-9,11-13H,10,25-26H2,1-3H3,(H,27,32)(H,28,30,31)/b14-7-,15-9+/t13-/m1/s1. The van der Waals surface area contributed by atoms with E-state index in [0.717, 1.165) is 11.8 Å². The fraction of sp³-hybridized carbons (Fsp3) is 0.217. The van der Waals surface area contributed by atoms with E-state index in [9.17, 15) is 9.18 Å². The predicted molar refractivity (Wildman–Crippen MR) is 124 cm³/mol. The van der Waals surface area contributed by atoms with Gasteiger partial charge in [0.1, 0.15) is 12.1 Å². The van der Waals surface area contributed by atoms with Gasteiger partial charge in [-0.05, 0) is 18.6 Å². The second-order valence-corrected chi connectivity index (χ2v) is 7.38. The predicted octanol–water partition coefficient (Wildman–Crippen LogP) is 2.90. The van der Waals surface area contributed by atoms with E-state index in [4.69, 9.17) is 11.5 Å². The number of para-hydroxylation sites is 1. The molecule has 0 fully saturated rings. The van der Waals surface area contributed by atoms with Crippen molar-refractivity contribution >= 4 is 28.2 Å². The number of carbonyl (C=O) groups is 1. The molecular formula is C23H26FN7O. The number of benzene rings is 1. The molecule has 166 valence electrons. The van der Waals surface area contributed by atoms with Gasteiger partial charge in [-0.25, -0.2) is 14.4 Å². The third-order valence-corrected chi connectivity index (χ3v) is 4.98. The van der Waals surface area contributed by atoms with E-state index in [1.165, 1.54) is 19.6 Å². The van der Waals surface area contributed by atoms with Gasteiger partial charge in [0.15, 0.2) is 5.82 Å². The lowest BCUT2D eigenvalue weighted by Gasteiger charge is -2.17. The minimum Gasteiger partial charge on any atom is -0.404 e. The van der Waals surface area contributed by atoms with Crippen molar-refractivity contribution in [2.75, 3.05) is 18.9 Å². The maximum absolute atomic E-state index is 14.3. The first-order chi connectivity index (χ1) is 15.3. The Hall–Kier alpha value is -4.01. The number of rotatable bonds is 7. The van der Waals surface area contributed by atoms with Crippen LogP contribution in [0.25, 0.3) is 16.5 Å². The molecule has 0 unspecified atom stereocenters. The van der Waals surface area contributed by atoms with E-state index in [2.05, 4.69) is 25.6 Å². The molecule has 0 saturated heterocycles. The van der Waals surface area contributed by atoms with E-state index in [-0.39, 0.29) is 11.5 Å². The molecule has 3 aromatic rings. The number of nitrogens with one attached hydrogen (secondary N) is 2. The van der Waals surface area contributed by atoms with Crippen LogP contribution in [-0.4, -0.2) is 34.5 Å². The fourth-order valence-electron chi connectivity index (χ4n) is 3.41. The Labute approximate surface area is 185 Å². The Morgan fingerprint density at radius 2 is 2.06 bits per heavy atom. The maximum atomic E-state index is 14.3. The van der Waals surface area contributed by atoms with Crippen LogP contribution in [0.1, 0.15) is 41.4 Å². The molecule has 6 N–H and O–H groups in total. The van der Waals surface area contributed by atoms with Crippen molar-refractivity contribution in [3.63, 3.8) is 0 Å². The number of halogens is 1.